The Balaban J connectivity index is 1.70. The number of aliphatic carboxylic acids is 2. The summed E-state index contributed by atoms with van der Waals surface area (Å²) in [7, 11) is 0. The van der Waals surface area contributed by atoms with E-state index in [9.17, 15) is 80.1 Å². The van der Waals surface area contributed by atoms with Gasteiger partial charge in [-0.15, -0.1) is 0 Å². The molecule has 1 saturated heterocycles. The molecule has 0 aromatic heterocycles. The third-order valence-electron chi connectivity index (χ3n) is 7.38. The molecule has 20 heteroatoms. The molecule has 0 spiro atoms. The van der Waals surface area contributed by atoms with E-state index in [0.29, 0.717) is 18.2 Å². The van der Waals surface area contributed by atoms with Crippen LogP contribution in [0.4, 0.5) is 0 Å². The molecule has 0 unspecified atom stereocenters. The zero-order valence-corrected chi connectivity index (χ0v) is 23.4. The van der Waals surface area contributed by atoms with Crippen molar-refractivity contribution in [2.75, 3.05) is 6.61 Å². The number of aliphatic hydroxyl groups is 3. The largest absolute Gasteiger partial charge is 0.504 e. The Kier molecular flexibility index (Phi) is 9.52. The number of phenolic OH excluding ortho intramolecular Hbond substituents is 6. The smallest absolute Gasteiger partial charge is 0.345 e. The highest BCUT2D eigenvalue weighted by molar-refractivity contribution is 5.98. The Morgan fingerprint density at radius 1 is 0.830 bits per heavy atom. The highest BCUT2D eigenvalue weighted by Gasteiger charge is 2.53. The molecule has 2 aliphatic heterocycles. The van der Waals surface area contributed by atoms with E-state index in [2.05, 4.69) is 0 Å². The lowest BCUT2D eigenvalue weighted by atomic mass is 9.76. The summed E-state index contributed by atoms with van der Waals surface area (Å²) in [5.74, 6) is -19.2. The summed E-state index contributed by atoms with van der Waals surface area (Å²) < 4.78 is 20.2. The molecular formula is C27H26O20. The monoisotopic (exact) mass is 670 g/mol. The van der Waals surface area contributed by atoms with Gasteiger partial charge in [0.1, 0.15) is 12.2 Å². The van der Waals surface area contributed by atoms with E-state index in [1.165, 1.54) is 0 Å². The van der Waals surface area contributed by atoms with Crippen molar-refractivity contribution in [2.45, 2.75) is 49.1 Å². The highest BCUT2D eigenvalue weighted by Crippen LogP contribution is 2.50. The van der Waals surface area contributed by atoms with E-state index < -0.39 is 143 Å². The first-order chi connectivity index (χ1) is 22.0. The minimum Gasteiger partial charge on any atom is -0.504 e. The van der Waals surface area contributed by atoms with Crippen LogP contribution in [0.15, 0.2) is 18.2 Å². The number of carboxylic acids is 2. The number of ether oxygens (including phenoxy) is 4. The molecule has 0 radical (unpaired) electrons. The number of carbonyl (C=O) groups is 5. The van der Waals surface area contributed by atoms with Crippen LogP contribution in [0, 0.1) is 5.92 Å². The molecule has 1 fully saturated rings. The molecule has 0 amide bonds. The molecule has 2 heterocycles. The van der Waals surface area contributed by atoms with Gasteiger partial charge in [0.2, 0.25) is 18.1 Å². The molecule has 4 rings (SSSR count). The van der Waals surface area contributed by atoms with Crippen LogP contribution in [-0.2, 0) is 33.3 Å². The maximum Gasteiger partial charge on any atom is 0.345 e. The molecule has 47 heavy (non-hydrogen) atoms. The fourth-order valence-corrected chi connectivity index (χ4v) is 5.14. The van der Waals surface area contributed by atoms with Crippen LogP contribution in [-0.4, -0.2) is 129 Å². The Bertz CT molecular complexity index is 1590. The van der Waals surface area contributed by atoms with Crippen molar-refractivity contribution in [1.82, 2.24) is 0 Å². The van der Waals surface area contributed by atoms with Gasteiger partial charge < -0.3 is 75.1 Å². The van der Waals surface area contributed by atoms with Crippen molar-refractivity contribution < 1.29 is 99.1 Å². The number of rotatable bonds is 9. The second kappa shape index (κ2) is 13.0. The molecule has 20 nitrogen and oxygen atoms in total. The summed E-state index contributed by atoms with van der Waals surface area (Å²) >= 11 is 0. The number of esters is 3. The number of aromatic hydroxyl groups is 6. The molecule has 8 atom stereocenters. The first-order valence-electron chi connectivity index (χ1n) is 13.2. The molecule has 2 aromatic rings. The number of carbonyl (C=O) groups excluding carboxylic acids is 3. The first kappa shape index (κ1) is 34.3. The van der Waals surface area contributed by atoms with Gasteiger partial charge in [-0.3, -0.25) is 9.59 Å². The van der Waals surface area contributed by atoms with Crippen molar-refractivity contribution in [3.8, 4) is 34.5 Å². The number of cyclic esters (lactones) is 1. The SMILES string of the molecule is O=C(O)C[C@H](C(=O)O[C@H]1[C@H](O)[C@@H](OC(=O)c2cc(O)c(O)c(O)c2)O[C@@H](CO)[C@@H]1O)[C@H]1c2c(cc(O)c(O)c2O)C(=O)O[C@H]1C(=O)O. The second-order valence-electron chi connectivity index (χ2n) is 10.3. The molecule has 0 saturated carbocycles. The average molecular weight is 670 g/mol. The third kappa shape index (κ3) is 6.42. The molecule has 11 N–H and O–H groups in total. The number of aliphatic hydroxyl groups excluding tert-OH is 3. The number of hydrogen-bond acceptors (Lipinski definition) is 18. The Labute approximate surface area is 260 Å². The van der Waals surface area contributed by atoms with Gasteiger partial charge in [-0.05, 0) is 18.2 Å². The lowest BCUT2D eigenvalue weighted by Gasteiger charge is -2.42. The highest BCUT2D eigenvalue weighted by atomic mass is 16.7. The number of fused-ring (bicyclic) bond motifs is 1. The summed E-state index contributed by atoms with van der Waals surface area (Å²) in [5.41, 5.74) is -2.18. The van der Waals surface area contributed by atoms with E-state index in [-0.39, 0.29) is 0 Å². The van der Waals surface area contributed by atoms with Crippen LogP contribution < -0.4 is 0 Å². The van der Waals surface area contributed by atoms with Gasteiger partial charge in [-0.2, -0.15) is 0 Å². The number of hydrogen-bond donors (Lipinski definition) is 11. The number of benzene rings is 2. The van der Waals surface area contributed by atoms with E-state index in [0.717, 1.165) is 0 Å². The Morgan fingerprint density at radius 3 is 1.98 bits per heavy atom. The van der Waals surface area contributed by atoms with Crippen LogP contribution in [0.2, 0.25) is 0 Å². The fraction of sp³-hybridized carbons (Fsp3) is 0.370. The minimum absolute atomic E-state index is 0.561. The van der Waals surface area contributed by atoms with Gasteiger partial charge in [-0.1, -0.05) is 0 Å². The normalized spacial score (nSPS) is 25.9. The predicted octanol–water partition coefficient (Wildman–Crippen LogP) is -2.07. The third-order valence-corrected chi connectivity index (χ3v) is 7.38. The van der Waals surface area contributed by atoms with Crippen LogP contribution in [0.1, 0.15) is 38.6 Å². The average Bonchev–Trinajstić information content (AvgIpc) is 3.00. The summed E-state index contributed by atoms with van der Waals surface area (Å²) in [5, 5.41) is 110. The van der Waals surface area contributed by atoms with Crippen molar-refractivity contribution in [3.63, 3.8) is 0 Å². The zero-order valence-electron chi connectivity index (χ0n) is 23.4. The van der Waals surface area contributed by atoms with Crippen LogP contribution >= 0.6 is 0 Å². The van der Waals surface area contributed by atoms with E-state index in [1.807, 2.05) is 0 Å². The Morgan fingerprint density at radius 2 is 1.43 bits per heavy atom. The fourth-order valence-electron chi connectivity index (χ4n) is 5.14. The van der Waals surface area contributed by atoms with E-state index in [4.69, 9.17) is 18.9 Å². The van der Waals surface area contributed by atoms with Gasteiger partial charge in [0, 0.05) is 5.56 Å². The maximum absolute atomic E-state index is 13.6. The molecule has 2 aliphatic rings. The summed E-state index contributed by atoms with van der Waals surface area (Å²) in [4.78, 5) is 62.7. The van der Waals surface area contributed by atoms with Crippen molar-refractivity contribution >= 4 is 29.8 Å². The van der Waals surface area contributed by atoms with E-state index >= 15 is 0 Å². The zero-order chi connectivity index (χ0) is 35.1. The van der Waals surface area contributed by atoms with Crippen LogP contribution in [0.25, 0.3) is 0 Å². The van der Waals surface area contributed by atoms with Crippen molar-refractivity contribution in [3.05, 3.63) is 34.9 Å². The minimum atomic E-state index is -2.40. The number of carboxylic acid groups (broad SMARTS) is 2. The Hall–Kier alpha value is -5.57. The van der Waals surface area contributed by atoms with Crippen LogP contribution in [0.3, 0.4) is 0 Å². The summed E-state index contributed by atoms with van der Waals surface area (Å²) in [6.07, 6.45) is -14.3. The molecule has 2 aromatic carbocycles. The van der Waals surface area contributed by atoms with Gasteiger partial charge in [-0.25, -0.2) is 14.4 Å². The quantitative estimate of drug-likeness (QED) is 0.0774. The van der Waals surface area contributed by atoms with Gasteiger partial charge in [0.25, 0.3) is 0 Å². The summed E-state index contributed by atoms with van der Waals surface area (Å²) in [6.45, 7) is -1.06. The molecule has 254 valence electrons. The predicted molar refractivity (Wildman–Crippen MR) is 141 cm³/mol. The van der Waals surface area contributed by atoms with Crippen molar-refractivity contribution in [2.24, 2.45) is 5.92 Å². The maximum atomic E-state index is 13.6. The second-order valence-corrected chi connectivity index (χ2v) is 10.3. The van der Waals surface area contributed by atoms with Gasteiger partial charge in [0.05, 0.1) is 36.0 Å². The molecule has 0 aliphatic carbocycles. The lowest BCUT2D eigenvalue weighted by Crippen LogP contribution is -2.61. The van der Waals surface area contributed by atoms with Crippen LogP contribution in [0.5, 0.6) is 34.5 Å². The molecular weight excluding hydrogens is 644 g/mol. The standard InChI is InChI=1S/C27H26O20/c28-5-12-18(36)22(20(38)27(44-12)47-24(41)6-1-9(29)16(34)10(30)2-6)46-26(43)8(4-13(32)33)15-14-7(3-11(31)17(35)19(14)37)25(42)45-21(15)23(39)40/h1-3,8,12,15,18,20-22,27-31,34-38H,4-5H2,(H,32,33)(H,39,40)/t8-,12-,15-,18-,20-,21+,22+,27+/m0/s1. The number of phenols is 6. The van der Waals surface area contributed by atoms with Gasteiger partial charge >= 0.3 is 29.8 Å². The van der Waals surface area contributed by atoms with Gasteiger partial charge in [0.15, 0.2) is 41.0 Å². The molecule has 0 bridgehead atoms. The lowest BCUT2D eigenvalue weighted by molar-refractivity contribution is -0.289. The topological polar surface area (TPSA) is 345 Å². The summed E-state index contributed by atoms with van der Waals surface area (Å²) in [6, 6.07) is 1.87. The first-order valence-corrected chi connectivity index (χ1v) is 13.2. The van der Waals surface area contributed by atoms with E-state index in [1.54, 1.807) is 0 Å². The van der Waals surface area contributed by atoms with Crippen molar-refractivity contribution in [1.29, 1.82) is 0 Å².